The third-order valence-corrected chi connectivity index (χ3v) is 5.41. The molecule has 2 aromatic carbocycles. The molecule has 3 aromatic rings. The van der Waals surface area contributed by atoms with Crippen molar-refractivity contribution in [2.24, 2.45) is 4.99 Å². The van der Waals surface area contributed by atoms with Crippen molar-refractivity contribution in [3.8, 4) is 0 Å². The van der Waals surface area contributed by atoms with Crippen LogP contribution in [-0.2, 0) is 22.2 Å². The molecule has 0 aliphatic carbocycles. The van der Waals surface area contributed by atoms with Crippen molar-refractivity contribution in [2.75, 3.05) is 20.3 Å². The van der Waals surface area contributed by atoms with E-state index in [2.05, 4.69) is 4.99 Å². The Kier molecular flexibility index (Phi) is 6.91. The average molecular weight is 452 g/mol. The van der Waals surface area contributed by atoms with E-state index >= 15 is 0 Å². The highest BCUT2D eigenvalue weighted by atomic mass is 32.1. The molecule has 0 aliphatic rings. The fourth-order valence-corrected chi connectivity index (χ4v) is 3.95. The summed E-state index contributed by atoms with van der Waals surface area (Å²) in [7, 11) is 1.54. The number of carbonyl (C=O) groups is 2. The molecule has 10 heteroatoms. The maximum atomic E-state index is 12.7. The predicted octanol–water partition coefficient (Wildman–Crippen LogP) is 4.29. The molecule has 1 aromatic heterocycles. The van der Waals surface area contributed by atoms with E-state index in [1.807, 2.05) is 0 Å². The number of amides is 1. The Morgan fingerprint density at radius 1 is 1.10 bits per heavy atom. The average Bonchev–Trinajstić information content (AvgIpc) is 3.07. The summed E-state index contributed by atoms with van der Waals surface area (Å²) < 4.78 is 50.8. The van der Waals surface area contributed by atoms with E-state index in [1.165, 1.54) is 18.4 Å². The second-order valence-corrected chi connectivity index (χ2v) is 7.43. The minimum Gasteiger partial charge on any atom is -0.462 e. The third-order valence-electron chi connectivity index (χ3n) is 4.37. The van der Waals surface area contributed by atoms with Crippen molar-refractivity contribution in [3.05, 3.63) is 64.0 Å². The second kappa shape index (κ2) is 9.44. The summed E-state index contributed by atoms with van der Waals surface area (Å²) in [6.07, 6.45) is -4.48. The van der Waals surface area contributed by atoms with Crippen LogP contribution in [-0.4, -0.2) is 36.8 Å². The van der Waals surface area contributed by atoms with Crippen LogP contribution in [0.1, 0.15) is 33.2 Å². The number of carbonyl (C=O) groups excluding carboxylic acids is 2. The lowest BCUT2D eigenvalue weighted by Crippen LogP contribution is -2.19. The van der Waals surface area contributed by atoms with Crippen molar-refractivity contribution in [1.29, 1.82) is 0 Å². The highest BCUT2D eigenvalue weighted by molar-refractivity contribution is 7.16. The first-order valence-corrected chi connectivity index (χ1v) is 10.1. The predicted molar refractivity (Wildman–Crippen MR) is 109 cm³/mol. The molecule has 31 heavy (non-hydrogen) atoms. The summed E-state index contributed by atoms with van der Waals surface area (Å²) >= 11 is 1.19. The van der Waals surface area contributed by atoms with E-state index in [9.17, 15) is 22.8 Å². The van der Waals surface area contributed by atoms with Gasteiger partial charge in [-0.25, -0.2) is 4.79 Å². The molecule has 0 N–H and O–H groups in total. The maximum absolute atomic E-state index is 12.7. The Morgan fingerprint density at radius 2 is 1.77 bits per heavy atom. The molecule has 0 atom stereocenters. The Hall–Kier alpha value is -2.98. The largest absolute Gasteiger partial charge is 0.462 e. The molecular weight excluding hydrogens is 433 g/mol. The van der Waals surface area contributed by atoms with Gasteiger partial charge in [0.1, 0.15) is 0 Å². The first-order chi connectivity index (χ1) is 14.7. The van der Waals surface area contributed by atoms with Crippen LogP contribution in [0.25, 0.3) is 10.2 Å². The number of nitrogens with zero attached hydrogens (tertiary/aromatic N) is 2. The zero-order valence-corrected chi connectivity index (χ0v) is 17.5. The van der Waals surface area contributed by atoms with Crippen molar-refractivity contribution >= 4 is 33.4 Å². The lowest BCUT2D eigenvalue weighted by molar-refractivity contribution is -0.137. The van der Waals surface area contributed by atoms with E-state index in [1.54, 1.807) is 29.7 Å². The smallest absolute Gasteiger partial charge is 0.416 e. The van der Waals surface area contributed by atoms with Crippen LogP contribution < -0.4 is 4.80 Å². The minimum absolute atomic E-state index is 0.0379. The topological polar surface area (TPSA) is 69.9 Å². The van der Waals surface area contributed by atoms with Gasteiger partial charge in [0.25, 0.3) is 5.91 Å². The molecular formula is C21H19F3N2O4S. The summed E-state index contributed by atoms with van der Waals surface area (Å²) in [4.78, 5) is 29.0. The zero-order valence-electron chi connectivity index (χ0n) is 16.7. The number of benzene rings is 2. The van der Waals surface area contributed by atoms with Gasteiger partial charge in [-0.2, -0.15) is 18.2 Å². The Bertz CT molecular complexity index is 1160. The van der Waals surface area contributed by atoms with E-state index in [-0.39, 0.29) is 12.2 Å². The molecule has 6 nitrogen and oxygen atoms in total. The van der Waals surface area contributed by atoms with Gasteiger partial charge in [0, 0.05) is 19.2 Å². The summed E-state index contributed by atoms with van der Waals surface area (Å²) in [5, 5.41) is 0. The molecule has 0 fully saturated rings. The van der Waals surface area contributed by atoms with E-state index < -0.39 is 23.6 Å². The van der Waals surface area contributed by atoms with Crippen LogP contribution >= 0.6 is 11.3 Å². The van der Waals surface area contributed by atoms with Crippen LogP contribution in [0.15, 0.2) is 47.5 Å². The highest BCUT2D eigenvalue weighted by Gasteiger charge is 2.30. The summed E-state index contributed by atoms with van der Waals surface area (Å²) in [5.41, 5.74) is 0.313. The van der Waals surface area contributed by atoms with Gasteiger partial charge in [0.05, 0.1) is 34.6 Å². The van der Waals surface area contributed by atoms with Crippen molar-refractivity contribution in [3.63, 3.8) is 0 Å². The lowest BCUT2D eigenvalue weighted by atomic mass is 10.1. The zero-order chi connectivity index (χ0) is 22.6. The van der Waals surface area contributed by atoms with Crippen LogP contribution in [0.2, 0.25) is 0 Å². The molecule has 1 heterocycles. The monoisotopic (exact) mass is 452 g/mol. The minimum atomic E-state index is -4.48. The molecule has 0 aliphatic heterocycles. The van der Waals surface area contributed by atoms with Gasteiger partial charge in [-0.3, -0.25) is 4.79 Å². The van der Waals surface area contributed by atoms with Gasteiger partial charge < -0.3 is 14.0 Å². The first kappa shape index (κ1) is 22.7. The van der Waals surface area contributed by atoms with Gasteiger partial charge in [0.2, 0.25) is 0 Å². The van der Waals surface area contributed by atoms with E-state index in [0.29, 0.717) is 28.2 Å². The highest BCUT2D eigenvalue weighted by Crippen LogP contribution is 2.29. The summed E-state index contributed by atoms with van der Waals surface area (Å²) in [5.74, 6) is -1.13. The number of alkyl halides is 3. The molecule has 0 radical (unpaired) electrons. The van der Waals surface area contributed by atoms with Crippen molar-refractivity contribution in [1.82, 2.24) is 4.57 Å². The number of esters is 1. The fourth-order valence-electron chi connectivity index (χ4n) is 2.85. The van der Waals surface area contributed by atoms with Crippen molar-refractivity contribution < 1.29 is 32.2 Å². The molecule has 164 valence electrons. The number of halogens is 3. The molecule has 3 rings (SSSR count). The van der Waals surface area contributed by atoms with Gasteiger partial charge in [0.15, 0.2) is 4.80 Å². The number of hydrogen-bond donors (Lipinski definition) is 0. The number of methoxy groups -OCH3 is 1. The number of hydrogen-bond acceptors (Lipinski definition) is 5. The molecule has 0 saturated carbocycles. The number of fused-ring (bicyclic) bond motifs is 1. The van der Waals surface area contributed by atoms with Crippen LogP contribution in [0.4, 0.5) is 13.2 Å². The van der Waals surface area contributed by atoms with Crippen LogP contribution in [0.3, 0.4) is 0 Å². The third kappa shape index (κ3) is 5.20. The van der Waals surface area contributed by atoms with Gasteiger partial charge in [-0.1, -0.05) is 11.3 Å². The van der Waals surface area contributed by atoms with E-state index in [0.717, 1.165) is 29.8 Å². The van der Waals surface area contributed by atoms with Gasteiger partial charge in [-0.05, 0) is 49.4 Å². The number of ether oxygens (including phenoxy) is 2. The van der Waals surface area contributed by atoms with Crippen LogP contribution in [0, 0.1) is 0 Å². The molecule has 0 saturated heterocycles. The fraction of sp³-hybridized carbons (Fsp3) is 0.286. The SMILES string of the molecule is CCOC(=O)c1ccc2c(c1)sc(=NC(=O)c1ccc(C(F)(F)F)cc1)n2CCOC. The maximum Gasteiger partial charge on any atom is 0.416 e. The van der Waals surface area contributed by atoms with Gasteiger partial charge >= 0.3 is 12.1 Å². The molecule has 0 spiro atoms. The van der Waals surface area contributed by atoms with Gasteiger partial charge in [-0.15, -0.1) is 0 Å². The first-order valence-electron chi connectivity index (χ1n) is 9.30. The lowest BCUT2D eigenvalue weighted by Gasteiger charge is -2.06. The molecule has 1 amide bonds. The van der Waals surface area contributed by atoms with E-state index in [4.69, 9.17) is 9.47 Å². The Morgan fingerprint density at radius 3 is 2.39 bits per heavy atom. The Balaban J connectivity index is 2.03. The number of thiazole rings is 1. The van der Waals surface area contributed by atoms with Crippen molar-refractivity contribution in [2.45, 2.75) is 19.6 Å². The molecule has 0 bridgehead atoms. The summed E-state index contributed by atoms with van der Waals surface area (Å²) in [6, 6.07) is 8.90. The quantitative estimate of drug-likeness (QED) is 0.524. The standard InChI is InChI=1S/C21H19F3N2O4S/c1-3-30-19(28)14-6-9-16-17(12-14)31-20(26(16)10-11-29-2)25-18(27)13-4-7-15(8-5-13)21(22,23)24/h4-9,12H,3,10-11H2,1-2H3. The molecule has 0 unspecified atom stereocenters. The second-order valence-electron chi connectivity index (χ2n) is 6.42. The Labute approximate surface area is 179 Å². The normalized spacial score (nSPS) is 12.4. The van der Waals surface area contributed by atoms with Crippen LogP contribution in [0.5, 0.6) is 0 Å². The summed E-state index contributed by atoms with van der Waals surface area (Å²) in [6.45, 7) is 2.71. The number of aromatic nitrogens is 1. The number of rotatable bonds is 6.